The quantitative estimate of drug-likeness (QED) is 0.549. The Hall–Kier alpha value is -3.02. The minimum Gasteiger partial charge on any atom is -0.465 e. The highest BCUT2D eigenvalue weighted by Crippen LogP contribution is 2.41. The summed E-state index contributed by atoms with van der Waals surface area (Å²) in [4.78, 5) is 28.7. The van der Waals surface area contributed by atoms with Gasteiger partial charge in [-0.1, -0.05) is 25.7 Å². The monoisotopic (exact) mass is 421 g/mol. The Morgan fingerprint density at radius 2 is 1.61 bits per heavy atom. The van der Waals surface area contributed by atoms with Crippen molar-refractivity contribution in [3.63, 3.8) is 0 Å². The molecular formula is C25H31N3O3. The summed E-state index contributed by atoms with van der Waals surface area (Å²) in [6.07, 6.45) is 7.27. The number of methoxy groups -OCH3 is 1. The van der Waals surface area contributed by atoms with Crippen LogP contribution in [0.4, 0.5) is 22.7 Å². The second-order valence-corrected chi connectivity index (χ2v) is 8.52. The zero-order valence-corrected chi connectivity index (χ0v) is 18.6. The summed E-state index contributed by atoms with van der Waals surface area (Å²) in [5.41, 5.74) is 4.43. The molecule has 1 aliphatic carbocycles. The van der Waals surface area contributed by atoms with E-state index >= 15 is 0 Å². The molecule has 0 saturated heterocycles. The fourth-order valence-electron chi connectivity index (χ4n) is 4.84. The number of esters is 1. The van der Waals surface area contributed by atoms with Crippen molar-refractivity contribution in [3.05, 3.63) is 48.0 Å². The van der Waals surface area contributed by atoms with Crippen LogP contribution in [0.2, 0.25) is 0 Å². The molecule has 2 aromatic rings. The first-order valence-electron chi connectivity index (χ1n) is 11.1. The number of hydrogen-bond acceptors (Lipinski definition) is 5. The molecule has 1 aliphatic heterocycles. The van der Waals surface area contributed by atoms with Crippen molar-refractivity contribution in [1.82, 2.24) is 0 Å². The van der Waals surface area contributed by atoms with Crippen LogP contribution in [0, 0.1) is 0 Å². The third kappa shape index (κ3) is 4.24. The highest BCUT2D eigenvalue weighted by atomic mass is 16.5. The molecule has 4 rings (SSSR count). The molecule has 0 spiro atoms. The summed E-state index contributed by atoms with van der Waals surface area (Å²) in [5.74, 6) is -0.197. The summed E-state index contributed by atoms with van der Waals surface area (Å²) in [6, 6.07) is 13.6. The summed E-state index contributed by atoms with van der Waals surface area (Å²) >= 11 is 0. The number of benzene rings is 2. The van der Waals surface area contributed by atoms with Crippen LogP contribution in [0.1, 0.15) is 55.8 Å². The van der Waals surface area contributed by atoms with E-state index in [-0.39, 0.29) is 17.9 Å². The lowest BCUT2D eigenvalue weighted by molar-refractivity contribution is -0.119. The van der Waals surface area contributed by atoms with Gasteiger partial charge in [0.25, 0.3) is 0 Å². The van der Waals surface area contributed by atoms with Crippen LogP contribution in [0.5, 0.6) is 0 Å². The van der Waals surface area contributed by atoms with E-state index in [2.05, 4.69) is 16.3 Å². The highest BCUT2D eigenvalue weighted by Gasteiger charge is 2.37. The van der Waals surface area contributed by atoms with Gasteiger partial charge in [-0.05, 0) is 62.2 Å². The first-order valence-corrected chi connectivity index (χ1v) is 11.1. The predicted octanol–water partition coefficient (Wildman–Crippen LogP) is 5.11. The molecule has 1 unspecified atom stereocenters. The molecule has 1 N–H and O–H groups in total. The molecule has 0 radical (unpaired) electrons. The normalized spacial score (nSPS) is 19.6. The van der Waals surface area contributed by atoms with Crippen LogP contribution in [-0.2, 0) is 9.53 Å². The predicted molar refractivity (Wildman–Crippen MR) is 124 cm³/mol. The second kappa shape index (κ2) is 9.00. The molecule has 2 aromatic carbocycles. The molecule has 6 nitrogen and oxygen atoms in total. The van der Waals surface area contributed by atoms with Crippen LogP contribution < -0.4 is 15.1 Å². The minimum absolute atomic E-state index is 0.149. The number of nitrogens with zero attached hydrogens (tertiary/aromatic N) is 2. The summed E-state index contributed by atoms with van der Waals surface area (Å²) in [6.45, 7) is 2.03. The van der Waals surface area contributed by atoms with E-state index in [1.165, 1.54) is 32.8 Å². The Bertz CT molecular complexity index is 949. The number of hydrogen-bond donors (Lipinski definition) is 1. The van der Waals surface area contributed by atoms with Crippen molar-refractivity contribution >= 4 is 34.6 Å². The van der Waals surface area contributed by atoms with E-state index in [1.54, 1.807) is 17.0 Å². The van der Waals surface area contributed by atoms with Crippen molar-refractivity contribution < 1.29 is 14.3 Å². The van der Waals surface area contributed by atoms with Crippen LogP contribution in [0.25, 0.3) is 0 Å². The maximum absolute atomic E-state index is 12.9. The Balaban J connectivity index is 1.64. The maximum Gasteiger partial charge on any atom is 0.337 e. The van der Waals surface area contributed by atoms with Gasteiger partial charge in [-0.15, -0.1) is 0 Å². The number of carbonyl (C=O) groups excluding carboxylic acids is 2. The zero-order valence-electron chi connectivity index (χ0n) is 18.6. The molecule has 1 saturated carbocycles. The van der Waals surface area contributed by atoms with Gasteiger partial charge in [0.1, 0.15) is 6.04 Å². The number of fused-ring (bicyclic) bond motifs is 1. The van der Waals surface area contributed by atoms with E-state index in [0.29, 0.717) is 11.6 Å². The molecule has 1 atom stereocenters. The first kappa shape index (κ1) is 21.2. The van der Waals surface area contributed by atoms with Crippen molar-refractivity contribution in [2.45, 2.75) is 57.5 Å². The van der Waals surface area contributed by atoms with Crippen LogP contribution in [-0.4, -0.2) is 38.1 Å². The van der Waals surface area contributed by atoms with Gasteiger partial charge in [0.15, 0.2) is 0 Å². The standard InChI is InChI=1S/C25H31N3O3/c1-17-24(29)27(2)22-15-14-20(26-19-12-10-18(11-13-19)25(30)31-3)16-23(22)28(17)21-8-6-4-5-7-9-21/h10-17,21,26H,4-9H2,1-3H3. The van der Waals surface area contributed by atoms with Gasteiger partial charge >= 0.3 is 5.97 Å². The van der Waals surface area contributed by atoms with Gasteiger partial charge in [0, 0.05) is 24.5 Å². The minimum atomic E-state index is -0.346. The molecule has 0 bridgehead atoms. The Kier molecular flexibility index (Phi) is 6.16. The number of anilines is 4. The molecule has 0 aromatic heterocycles. The number of ether oxygens (including phenoxy) is 1. The van der Waals surface area contributed by atoms with Gasteiger partial charge in [0.05, 0.1) is 24.0 Å². The summed E-state index contributed by atoms with van der Waals surface area (Å²) < 4.78 is 4.77. The summed E-state index contributed by atoms with van der Waals surface area (Å²) in [5, 5.41) is 3.43. The average Bonchev–Trinajstić information content (AvgIpc) is 3.07. The molecule has 1 fully saturated rings. The summed E-state index contributed by atoms with van der Waals surface area (Å²) in [7, 11) is 3.24. The van der Waals surface area contributed by atoms with Crippen molar-refractivity contribution in [2.75, 3.05) is 29.3 Å². The number of nitrogens with one attached hydrogen (secondary N) is 1. The lowest BCUT2D eigenvalue weighted by Crippen LogP contribution is -2.54. The fourth-order valence-corrected chi connectivity index (χ4v) is 4.84. The first-order chi connectivity index (χ1) is 15.0. The van der Waals surface area contributed by atoms with E-state index < -0.39 is 0 Å². The van der Waals surface area contributed by atoms with E-state index in [0.717, 1.165) is 35.6 Å². The largest absolute Gasteiger partial charge is 0.465 e. The lowest BCUT2D eigenvalue weighted by atomic mass is 9.99. The smallest absolute Gasteiger partial charge is 0.337 e. The van der Waals surface area contributed by atoms with E-state index in [4.69, 9.17) is 4.74 Å². The molecular weight excluding hydrogens is 390 g/mol. The number of amides is 1. The van der Waals surface area contributed by atoms with Crippen molar-refractivity contribution in [3.8, 4) is 0 Å². The van der Waals surface area contributed by atoms with Gasteiger partial charge < -0.3 is 19.9 Å². The van der Waals surface area contributed by atoms with Gasteiger partial charge in [0.2, 0.25) is 5.91 Å². The third-order valence-corrected chi connectivity index (χ3v) is 6.53. The Labute approximate surface area is 184 Å². The van der Waals surface area contributed by atoms with Gasteiger partial charge in [-0.25, -0.2) is 4.79 Å². The van der Waals surface area contributed by atoms with Crippen molar-refractivity contribution in [2.24, 2.45) is 0 Å². The average molecular weight is 422 g/mol. The van der Waals surface area contributed by atoms with Crippen molar-refractivity contribution in [1.29, 1.82) is 0 Å². The SMILES string of the molecule is COC(=O)c1ccc(Nc2ccc3c(c2)N(C2CCCCCC2)C(C)C(=O)N3C)cc1. The molecule has 164 valence electrons. The molecule has 1 amide bonds. The van der Waals surface area contributed by atoms with E-state index in [1.807, 2.05) is 38.2 Å². The topological polar surface area (TPSA) is 61.9 Å². The van der Waals surface area contributed by atoms with E-state index in [9.17, 15) is 9.59 Å². The lowest BCUT2D eigenvalue weighted by Gasteiger charge is -2.44. The van der Waals surface area contributed by atoms with Crippen LogP contribution >= 0.6 is 0 Å². The second-order valence-electron chi connectivity index (χ2n) is 8.52. The highest BCUT2D eigenvalue weighted by molar-refractivity contribution is 6.05. The fraction of sp³-hybridized carbons (Fsp3) is 0.440. The van der Waals surface area contributed by atoms with Gasteiger partial charge in [-0.3, -0.25) is 4.79 Å². The third-order valence-electron chi connectivity index (χ3n) is 6.53. The number of rotatable bonds is 4. The maximum atomic E-state index is 12.9. The molecule has 6 heteroatoms. The molecule has 1 heterocycles. The van der Waals surface area contributed by atoms with Gasteiger partial charge in [-0.2, -0.15) is 0 Å². The van der Waals surface area contributed by atoms with Crippen LogP contribution in [0.15, 0.2) is 42.5 Å². The molecule has 31 heavy (non-hydrogen) atoms. The zero-order chi connectivity index (χ0) is 22.0. The van der Waals surface area contributed by atoms with Crippen LogP contribution in [0.3, 0.4) is 0 Å². The Morgan fingerprint density at radius 1 is 0.968 bits per heavy atom. The number of carbonyl (C=O) groups is 2. The molecule has 2 aliphatic rings. The Morgan fingerprint density at radius 3 is 2.26 bits per heavy atom. The number of likely N-dealkylation sites (N-methyl/N-ethyl adjacent to an activating group) is 1.